The Hall–Kier alpha value is -3.72. The number of fused-ring (bicyclic) bond motifs is 2. The molecule has 0 radical (unpaired) electrons. The van der Waals surface area contributed by atoms with Crippen molar-refractivity contribution in [3.8, 4) is 22.6 Å². The monoisotopic (exact) mass is 420 g/mol. The third kappa shape index (κ3) is 3.50. The minimum absolute atomic E-state index is 0.210. The second-order valence-corrected chi connectivity index (χ2v) is 7.49. The molecule has 0 unspecified atom stereocenters. The van der Waals surface area contributed by atoms with Gasteiger partial charge in [-0.3, -0.25) is 9.78 Å². The Balaban J connectivity index is 1.59. The van der Waals surface area contributed by atoms with E-state index in [0.29, 0.717) is 23.9 Å². The van der Waals surface area contributed by atoms with Gasteiger partial charge in [0.1, 0.15) is 22.9 Å². The molecule has 0 aliphatic carbocycles. The third-order valence-electron chi connectivity index (χ3n) is 4.64. The molecule has 0 atom stereocenters. The van der Waals surface area contributed by atoms with Crippen molar-refractivity contribution in [2.45, 2.75) is 13.0 Å². The van der Waals surface area contributed by atoms with Crippen molar-refractivity contribution < 1.29 is 19.4 Å². The SMILES string of the molecule is O=C(O)Cc1nc(NCc2ccccn2)c2c(-c3ccc4c(c3)OCO4)csc2n1. The highest BCUT2D eigenvalue weighted by atomic mass is 32.1. The van der Waals surface area contributed by atoms with E-state index in [4.69, 9.17) is 9.47 Å². The van der Waals surface area contributed by atoms with Crippen LogP contribution in [0.3, 0.4) is 0 Å². The summed E-state index contributed by atoms with van der Waals surface area (Å²) in [7, 11) is 0. The second kappa shape index (κ2) is 7.60. The lowest BCUT2D eigenvalue weighted by Gasteiger charge is -2.10. The van der Waals surface area contributed by atoms with Gasteiger partial charge in [-0.25, -0.2) is 9.97 Å². The molecule has 3 aromatic heterocycles. The molecule has 0 saturated heterocycles. The molecule has 1 aliphatic heterocycles. The Bertz CT molecular complexity index is 1240. The molecule has 4 heterocycles. The highest BCUT2D eigenvalue weighted by Gasteiger charge is 2.19. The van der Waals surface area contributed by atoms with E-state index < -0.39 is 5.97 Å². The number of aromatic nitrogens is 3. The van der Waals surface area contributed by atoms with Crippen molar-refractivity contribution in [2.24, 2.45) is 0 Å². The smallest absolute Gasteiger partial charge is 0.311 e. The van der Waals surface area contributed by atoms with E-state index in [1.807, 2.05) is 41.8 Å². The summed E-state index contributed by atoms with van der Waals surface area (Å²) in [6, 6.07) is 11.4. The number of carboxylic acid groups (broad SMARTS) is 1. The fraction of sp³-hybridized carbons (Fsp3) is 0.143. The molecule has 0 saturated carbocycles. The Morgan fingerprint density at radius 3 is 2.90 bits per heavy atom. The molecule has 1 aromatic carbocycles. The molecular formula is C21H16N4O4S. The largest absolute Gasteiger partial charge is 0.481 e. The summed E-state index contributed by atoms with van der Waals surface area (Å²) in [4.78, 5) is 25.2. The Morgan fingerprint density at radius 1 is 1.17 bits per heavy atom. The van der Waals surface area contributed by atoms with Gasteiger partial charge in [0.15, 0.2) is 11.5 Å². The Kier molecular flexibility index (Phi) is 4.64. The molecule has 5 rings (SSSR count). The van der Waals surface area contributed by atoms with Crippen LogP contribution in [0.1, 0.15) is 11.5 Å². The Morgan fingerprint density at radius 2 is 2.07 bits per heavy atom. The maximum Gasteiger partial charge on any atom is 0.311 e. The van der Waals surface area contributed by atoms with Gasteiger partial charge in [-0.15, -0.1) is 11.3 Å². The summed E-state index contributed by atoms with van der Waals surface area (Å²) in [6.45, 7) is 0.664. The van der Waals surface area contributed by atoms with Gasteiger partial charge in [0.2, 0.25) is 6.79 Å². The fourth-order valence-corrected chi connectivity index (χ4v) is 4.25. The number of carboxylic acids is 1. The molecule has 8 nitrogen and oxygen atoms in total. The first-order valence-corrected chi connectivity index (χ1v) is 10.1. The van der Waals surface area contributed by atoms with E-state index in [9.17, 15) is 9.90 Å². The molecule has 0 fully saturated rings. The van der Waals surface area contributed by atoms with E-state index in [2.05, 4.69) is 20.3 Å². The van der Waals surface area contributed by atoms with Crippen molar-refractivity contribution in [3.63, 3.8) is 0 Å². The van der Waals surface area contributed by atoms with Crippen molar-refractivity contribution >= 4 is 33.3 Å². The van der Waals surface area contributed by atoms with Gasteiger partial charge in [-0.05, 0) is 29.8 Å². The van der Waals surface area contributed by atoms with Gasteiger partial charge in [0, 0.05) is 17.1 Å². The standard InChI is InChI=1S/C21H16N4O4S/c26-18(27)8-17-24-20(23-9-13-3-1-2-6-22-13)19-14(10-30-21(19)25-17)12-4-5-15-16(7-12)29-11-28-15/h1-7,10H,8-9,11H2,(H,26,27)(H,23,24,25). The van der Waals surface area contributed by atoms with E-state index in [1.165, 1.54) is 11.3 Å². The molecule has 1 aliphatic rings. The number of nitrogens with one attached hydrogen (secondary N) is 1. The van der Waals surface area contributed by atoms with E-state index in [1.54, 1.807) is 6.20 Å². The zero-order valence-electron chi connectivity index (χ0n) is 15.7. The number of carbonyl (C=O) groups is 1. The zero-order valence-corrected chi connectivity index (χ0v) is 16.5. The van der Waals surface area contributed by atoms with Crippen LogP contribution >= 0.6 is 11.3 Å². The number of ether oxygens (including phenoxy) is 2. The van der Waals surface area contributed by atoms with Gasteiger partial charge < -0.3 is 19.9 Å². The normalized spacial score (nSPS) is 12.3. The van der Waals surface area contributed by atoms with Crippen molar-refractivity contribution in [3.05, 3.63) is 59.5 Å². The van der Waals surface area contributed by atoms with E-state index >= 15 is 0 Å². The second-order valence-electron chi connectivity index (χ2n) is 6.63. The molecule has 4 aromatic rings. The Labute approximate surface area is 175 Å². The number of thiophene rings is 1. The molecular weight excluding hydrogens is 404 g/mol. The highest BCUT2D eigenvalue weighted by Crippen LogP contribution is 2.41. The quantitative estimate of drug-likeness (QED) is 0.486. The lowest BCUT2D eigenvalue weighted by molar-refractivity contribution is -0.136. The summed E-state index contributed by atoms with van der Waals surface area (Å²) in [5.74, 6) is 1.27. The number of nitrogens with zero attached hydrogens (tertiary/aromatic N) is 3. The van der Waals surface area contributed by atoms with Crippen LogP contribution in [0.4, 0.5) is 5.82 Å². The maximum absolute atomic E-state index is 11.2. The summed E-state index contributed by atoms with van der Waals surface area (Å²) in [6.07, 6.45) is 1.48. The topological polar surface area (TPSA) is 106 Å². The van der Waals surface area contributed by atoms with E-state index in [-0.39, 0.29) is 19.0 Å². The average Bonchev–Trinajstić information content (AvgIpc) is 3.38. The van der Waals surface area contributed by atoms with Gasteiger partial charge in [-0.1, -0.05) is 12.1 Å². The van der Waals surface area contributed by atoms with Gasteiger partial charge in [0.05, 0.1) is 17.6 Å². The number of benzene rings is 1. The lowest BCUT2D eigenvalue weighted by atomic mass is 10.1. The van der Waals surface area contributed by atoms with Crippen LogP contribution in [-0.4, -0.2) is 32.8 Å². The number of aliphatic carboxylic acids is 1. The lowest BCUT2D eigenvalue weighted by Crippen LogP contribution is -2.09. The van der Waals surface area contributed by atoms with Crippen molar-refractivity contribution in [1.82, 2.24) is 15.0 Å². The molecule has 150 valence electrons. The highest BCUT2D eigenvalue weighted by molar-refractivity contribution is 7.17. The van der Waals surface area contributed by atoms with Crippen LogP contribution in [0, 0.1) is 0 Å². The summed E-state index contributed by atoms with van der Waals surface area (Å²) < 4.78 is 10.9. The van der Waals surface area contributed by atoms with Crippen molar-refractivity contribution in [1.29, 1.82) is 0 Å². The molecule has 9 heteroatoms. The first-order valence-electron chi connectivity index (χ1n) is 9.21. The van der Waals surface area contributed by atoms with Crippen molar-refractivity contribution in [2.75, 3.05) is 12.1 Å². The first kappa shape index (κ1) is 18.3. The summed E-state index contributed by atoms with van der Waals surface area (Å²) >= 11 is 1.45. The van der Waals surface area contributed by atoms with E-state index in [0.717, 1.165) is 27.0 Å². The molecule has 30 heavy (non-hydrogen) atoms. The van der Waals surface area contributed by atoms with Crippen LogP contribution in [0.15, 0.2) is 48.0 Å². The van der Waals surface area contributed by atoms with Crippen LogP contribution in [-0.2, 0) is 17.8 Å². The third-order valence-corrected chi connectivity index (χ3v) is 5.51. The van der Waals surface area contributed by atoms with Gasteiger partial charge >= 0.3 is 5.97 Å². The predicted octanol–water partition coefficient (Wildman–Crippen LogP) is 3.72. The minimum Gasteiger partial charge on any atom is -0.481 e. The first-order chi connectivity index (χ1) is 14.7. The van der Waals surface area contributed by atoms with Gasteiger partial charge in [0.25, 0.3) is 0 Å². The van der Waals surface area contributed by atoms with Crippen LogP contribution in [0.5, 0.6) is 11.5 Å². The maximum atomic E-state index is 11.2. The predicted molar refractivity (Wildman–Crippen MR) is 112 cm³/mol. The number of anilines is 1. The fourth-order valence-electron chi connectivity index (χ4n) is 3.28. The molecule has 0 bridgehead atoms. The summed E-state index contributed by atoms with van der Waals surface area (Å²) in [5.41, 5.74) is 2.74. The molecule has 2 N–H and O–H groups in total. The van der Waals surface area contributed by atoms with Crippen LogP contribution in [0.2, 0.25) is 0 Å². The number of rotatable bonds is 6. The minimum atomic E-state index is -0.974. The van der Waals surface area contributed by atoms with Crippen LogP contribution < -0.4 is 14.8 Å². The van der Waals surface area contributed by atoms with Gasteiger partial charge in [-0.2, -0.15) is 0 Å². The zero-order chi connectivity index (χ0) is 20.5. The molecule has 0 spiro atoms. The molecule has 0 amide bonds. The van der Waals surface area contributed by atoms with Crippen LogP contribution in [0.25, 0.3) is 21.3 Å². The number of hydrogen-bond acceptors (Lipinski definition) is 8. The number of pyridine rings is 1. The summed E-state index contributed by atoms with van der Waals surface area (Å²) in [5, 5.41) is 15.3. The number of hydrogen-bond donors (Lipinski definition) is 2. The average molecular weight is 420 g/mol.